The molecule has 1 aliphatic rings. The van der Waals surface area contributed by atoms with Gasteiger partial charge in [-0.1, -0.05) is 12.1 Å². The van der Waals surface area contributed by atoms with Gasteiger partial charge in [-0.15, -0.1) is 0 Å². The number of methoxy groups -OCH3 is 1. The molecule has 142 valence electrons. The smallest absolute Gasteiger partial charge is 0.259 e. The molecule has 3 rings (SSSR count). The molecule has 7 nitrogen and oxygen atoms in total. The maximum absolute atomic E-state index is 13.5. The summed E-state index contributed by atoms with van der Waals surface area (Å²) < 4.78 is 42.9. The molecule has 0 saturated carbocycles. The van der Waals surface area contributed by atoms with Gasteiger partial charge in [-0.2, -0.15) is 5.10 Å². The Bertz CT molecular complexity index is 1010. The minimum absolute atomic E-state index is 0.0234. The Morgan fingerprint density at radius 2 is 2.04 bits per heavy atom. The average molecular weight is 391 g/mol. The van der Waals surface area contributed by atoms with Crippen LogP contribution in [0, 0.1) is 5.82 Å². The van der Waals surface area contributed by atoms with Crippen LogP contribution < -0.4 is 15.5 Å². The number of carbonyl (C=O) groups is 1. The van der Waals surface area contributed by atoms with Gasteiger partial charge in [-0.25, -0.2) is 18.2 Å². The minimum atomic E-state index is -3.47. The molecule has 1 amide bonds. The van der Waals surface area contributed by atoms with E-state index in [1.165, 1.54) is 13.2 Å². The van der Waals surface area contributed by atoms with Crippen molar-refractivity contribution in [3.8, 4) is 5.75 Å². The normalized spacial score (nSPS) is 16.4. The molecule has 0 aromatic heterocycles. The maximum atomic E-state index is 13.5. The lowest BCUT2D eigenvalue weighted by molar-refractivity contribution is -0.119. The highest BCUT2D eigenvalue weighted by Gasteiger charge is 2.28. The molecule has 0 fully saturated rings. The fourth-order valence-electron chi connectivity index (χ4n) is 2.73. The van der Waals surface area contributed by atoms with Crippen LogP contribution in [0.25, 0.3) is 0 Å². The number of hydrogen-bond acceptors (Lipinski definition) is 6. The van der Waals surface area contributed by atoms with Gasteiger partial charge in [0.15, 0.2) is 9.84 Å². The molecular weight excluding hydrogens is 373 g/mol. The van der Waals surface area contributed by atoms with Crippen LogP contribution in [0.15, 0.2) is 52.5 Å². The summed E-state index contributed by atoms with van der Waals surface area (Å²) in [6.45, 7) is -0.0640. The number of anilines is 1. The Morgan fingerprint density at radius 3 is 2.81 bits per heavy atom. The summed E-state index contributed by atoms with van der Waals surface area (Å²) >= 11 is 0. The van der Waals surface area contributed by atoms with Gasteiger partial charge >= 0.3 is 0 Å². The van der Waals surface area contributed by atoms with Gasteiger partial charge in [0.1, 0.15) is 11.6 Å². The van der Waals surface area contributed by atoms with E-state index in [9.17, 15) is 17.6 Å². The number of hydrogen-bond donors (Lipinski definition) is 2. The lowest BCUT2D eigenvalue weighted by atomic mass is 10.1. The van der Waals surface area contributed by atoms with Crippen LogP contribution in [0.5, 0.6) is 5.75 Å². The number of para-hydroxylation sites is 2. The molecule has 0 bridgehead atoms. The molecular formula is C18H18FN3O4S. The fraction of sp³-hybridized carbons (Fsp3) is 0.222. The van der Waals surface area contributed by atoms with E-state index in [0.717, 1.165) is 12.1 Å². The van der Waals surface area contributed by atoms with Crippen LogP contribution in [0.3, 0.4) is 0 Å². The number of amides is 1. The van der Waals surface area contributed by atoms with Gasteiger partial charge in [0.05, 0.1) is 35.7 Å². The molecule has 9 heteroatoms. The van der Waals surface area contributed by atoms with E-state index in [4.69, 9.17) is 4.74 Å². The van der Waals surface area contributed by atoms with Crippen molar-refractivity contribution in [2.45, 2.75) is 11.3 Å². The number of nitrogens with zero attached hydrogens (tertiary/aromatic N) is 1. The predicted octanol–water partition coefficient (Wildman–Crippen LogP) is 1.94. The lowest BCUT2D eigenvalue weighted by Gasteiger charge is -2.18. The number of carbonyl (C=O) groups excluding carboxylic acids is 1. The van der Waals surface area contributed by atoms with Crippen LogP contribution >= 0.6 is 0 Å². The summed E-state index contributed by atoms with van der Waals surface area (Å²) in [7, 11) is -1.94. The number of nitrogens with one attached hydrogen (secondary N) is 2. The van der Waals surface area contributed by atoms with Crippen molar-refractivity contribution in [1.29, 1.82) is 0 Å². The number of ether oxygens (including phenoxy) is 1. The minimum Gasteiger partial charge on any atom is -0.495 e. The van der Waals surface area contributed by atoms with Gasteiger partial charge in [-0.05, 0) is 30.3 Å². The summed E-state index contributed by atoms with van der Waals surface area (Å²) in [6, 6.07) is 10.6. The van der Waals surface area contributed by atoms with Crippen LogP contribution in [0.1, 0.15) is 12.0 Å². The standard InChI is InChI=1S/C18H18FN3O4S/c1-26-16-5-3-2-4-15(16)20-11-18(23)22-21-14-8-9-27(24,25)17-7-6-12(19)10-13(14)17/h2-7,10,20H,8-9,11H2,1H3,(H,22,23)/b21-14-. The quantitative estimate of drug-likeness (QED) is 0.600. The first-order valence-corrected chi connectivity index (χ1v) is 9.81. The largest absolute Gasteiger partial charge is 0.495 e. The van der Waals surface area contributed by atoms with Gasteiger partial charge in [0.2, 0.25) is 0 Å². The van der Waals surface area contributed by atoms with Crippen molar-refractivity contribution in [2.75, 3.05) is 24.7 Å². The molecule has 1 aliphatic heterocycles. The lowest BCUT2D eigenvalue weighted by Crippen LogP contribution is -2.29. The molecule has 27 heavy (non-hydrogen) atoms. The van der Waals surface area contributed by atoms with E-state index < -0.39 is 21.6 Å². The first kappa shape index (κ1) is 18.8. The van der Waals surface area contributed by atoms with E-state index in [1.54, 1.807) is 18.2 Å². The zero-order valence-corrected chi connectivity index (χ0v) is 15.3. The highest BCUT2D eigenvalue weighted by atomic mass is 32.2. The highest BCUT2D eigenvalue weighted by Crippen LogP contribution is 2.26. The first-order valence-electron chi connectivity index (χ1n) is 8.15. The zero-order valence-electron chi connectivity index (χ0n) is 14.5. The maximum Gasteiger partial charge on any atom is 0.259 e. The van der Waals surface area contributed by atoms with Crippen LogP contribution in [-0.2, 0) is 14.6 Å². The van der Waals surface area contributed by atoms with Crippen molar-refractivity contribution in [3.05, 3.63) is 53.8 Å². The third kappa shape index (κ3) is 4.25. The molecule has 2 N–H and O–H groups in total. The Balaban J connectivity index is 1.71. The molecule has 2 aromatic carbocycles. The van der Waals surface area contributed by atoms with Crippen molar-refractivity contribution < 1.29 is 22.3 Å². The summed E-state index contributed by atoms with van der Waals surface area (Å²) in [5.74, 6) is -0.541. The van der Waals surface area contributed by atoms with E-state index >= 15 is 0 Å². The van der Waals surface area contributed by atoms with Crippen LogP contribution in [0.2, 0.25) is 0 Å². The SMILES string of the molecule is COc1ccccc1NCC(=O)N/N=C1/CCS(=O)(=O)c2ccc(F)cc21. The second-order valence-corrected chi connectivity index (χ2v) is 7.93. The first-order chi connectivity index (χ1) is 12.9. The molecule has 0 saturated heterocycles. The van der Waals surface area contributed by atoms with E-state index in [1.807, 2.05) is 6.07 Å². The van der Waals surface area contributed by atoms with Crippen molar-refractivity contribution in [2.24, 2.45) is 5.10 Å². The van der Waals surface area contributed by atoms with Crippen molar-refractivity contribution >= 4 is 27.1 Å². The second kappa shape index (κ2) is 7.75. The molecule has 1 heterocycles. The highest BCUT2D eigenvalue weighted by molar-refractivity contribution is 7.91. The molecule has 0 atom stereocenters. The second-order valence-electron chi connectivity index (χ2n) is 5.86. The summed E-state index contributed by atoms with van der Waals surface area (Å²) in [4.78, 5) is 12.1. The van der Waals surface area contributed by atoms with E-state index in [0.29, 0.717) is 17.1 Å². The van der Waals surface area contributed by atoms with Crippen molar-refractivity contribution in [1.82, 2.24) is 5.43 Å². The fourth-order valence-corrected chi connectivity index (χ4v) is 4.20. The summed E-state index contributed by atoms with van der Waals surface area (Å²) in [5.41, 5.74) is 3.53. The van der Waals surface area contributed by atoms with Gasteiger partial charge in [0, 0.05) is 12.0 Å². The number of halogens is 1. The van der Waals surface area contributed by atoms with E-state index in [-0.39, 0.29) is 29.2 Å². The van der Waals surface area contributed by atoms with Crippen LogP contribution in [-0.4, -0.2) is 39.4 Å². The summed E-state index contributed by atoms with van der Waals surface area (Å²) in [6.07, 6.45) is 0.0962. The number of fused-ring (bicyclic) bond motifs is 1. The monoisotopic (exact) mass is 391 g/mol. The molecule has 0 unspecified atom stereocenters. The zero-order chi connectivity index (χ0) is 19.4. The molecule has 0 spiro atoms. The Hall–Kier alpha value is -2.94. The Labute approximate surface area is 156 Å². The third-order valence-electron chi connectivity index (χ3n) is 4.06. The molecule has 2 aromatic rings. The van der Waals surface area contributed by atoms with Gasteiger partial charge < -0.3 is 10.1 Å². The predicted molar refractivity (Wildman–Crippen MR) is 99.2 cm³/mol. The molecule has 0 aliphatic carbocycles. The average Bonchev–Trinajstić information content (AvgIpc) is 2.65. The Morgan fingerprint density at radius 1 is 1.26 bits per heavy atom. The topological polar surface area (TPSA) is 96.9 Å². The number of hydrazone groups is 1. The molecule has 0 radical (unpaired) electrons. The third-order valence-corrected chi connectivity index (χ3v) is 5.82. The van der Waals surface area contributed by atoms with Crippen molar-refractivity contribution in [3.63, 3.8) is 0 Å². The summed E-state index contributed by atoms with van der Waals surface area (Å²) in [5, 5.41) is 6.93. The number of rotatable bonds is 5. The number of benzene rings is 2. The van der Waals surface area contributed by atoms with Crippen LogP contribution in [0.4, 0.5) is 10.1 Å². The van der Waals surface area contributed by atoms with E-state index in [2.05, 4.69) is 15.8 Å². The van der Waals surface area contributed by atoms with Gasteiger partial charge in [-0.3, -0.25) is 4.79 Å². The van der Waals surface area contributed by atoms with Gasteiger partial charge in [0.25, 0.3) is 5.91 Å². The Kier molecular flexibility index (Phi) is 5.41. The number of sulfone groups is 1.